The van der Waals surface area contributed by atoms with Crippen LogP contribution in [0.25, 0.3) is 6.08 Å². The average molecular weight is 429 g/mol. The summed E-state index contributed by atoms with van der Waals surface area (Å²) in [6.07, 6.45) is 7.51. The van der Waals surface area contributed by atoms with Gasteiger partial charge in [0.05, 0.1) is 0 Å². The largest absolute Gasteiger partial charge is 0.323 e. The first-order valence-electron chi connectivity index (χ1n) is 9.80. The third-order valence-corrected chi connectivity index (χ3v) is 11.9. The summed E-state index contributed by atoms with van der Waals surface area (Å²) in [5.41, 5.74) is 8.07. The zero-order chi connectivity index (χ0) is 19.5. The topological polar surface area (TPSA) is 12.0 Å². The molecule has 2 aliphatic carbocycles. The molecule has 1 nitrogen and oxygen atoms in total. The molecule has 1 N–H and O–H groups in total. The molecule has 0 bridgehead atoms. The molecule has 1 atom stereocenters. The van der Waals surface area contributed by atoms with Crippen LogP contribution in [-0.4, -0.2) is 14.1 Å². The van der Waals surface area contributed by atoms with E-state index in [4.69, 9.17) is 0 Å². The summed E-state index contributed by atoms with van der Waals surface area (Å²) in [7, 11) is 3.75. The molecule has 3 rings (SSSR count). The summed E-state index contributed by atoms with van der Waals surface area (Å²) in [4.78, 5) is 0. The van der Waals surface area contributed by atoms with E-state index in [1.807, 2.05) is 17.4 Å². The van der Waals surface area contributed by atoms with Crippen LogP contribution in [0.15, 0.2) is 50.3 Å². The van der Waals surface area contributed by atoms with Crippen molar-refractivity contribution in [3.05, 3.63) is 61.5 Å². The van der Waals surface area contributed by atoms with Gasteiger partial charge in [-0.1, -0.05) is 0 Å². The predicted molar refractivity (Wildman–Crippen MR) is 112 cm³/mol. The summed E-state index contributed by atoms with van der Waals surface area (Å²) in [5, 5.41) is 2.75. The van der Waals surface area contributed by atoms with Gasteiger partial charge >= 0.3 is 154 Å². The van der Waals surface area contributed by atoms with Gasteiger partial charge in [-0.05, 0) is 14.1 Å². The molecule has 140 valence electrons. The summed E-state index contributed by atoms with van der Waals surface area (Å²) in [6, 6.07) is 9.08. The molecule has 0 amide bonds. The molecule has 2 aliphatic rings. The summed E-state index contributed by atoms with van der Waals surface area (Å²) >= 11 is -0.781. The Balaban J connectivity index is 0.000000758. The molecule has 1 unspecified atom stereocenters. The molecular formula is C24H35NZr. The Morgan fingerprint density at radius 1 is 1.00 bits per heavy atom. The van der Waals surface area contributed by atoms with E-state index >= 15 is 0 Å². The molecule has 0 saturated heterocycles. The van der Waals surface area contributed by atoms with E-state index in [1.54, 1.807) is 22.3 Å². The molecule has 0 aromatic heterocycles. The fourth-order valence-electron chi connectivity index (χ4n) is 4.22. The van der Waals surface area contributed by atoms with E-state index in [1.165, 1.54) is 18.4 Å². The Bertz CT molecular complexity index is 751. The molecule has 2 heteroatoms. The van der Waals surface area contributed by atoms with Gasteiger partial charge in [0.1, 0.15) is 0 Å². The minimum atomic E-state index is -0.781. The molecule has 0 heterocycles. The minimum absolute atomic E-state index is 0.270. The van der Waals surface area contributed by atoms with Gasteiger partial charge in [0.2, 0.25) is 0 Å². The van der Waals surface area contributed by atoms with Crippen LogP contribution >= 0.6 is 0 Å². The van der Waals surface area contributed by atoms with Crippen molar-refractivity contribution in [2.45, 2.75) is 57.5 Å². The second-order valence-electron chi connectivity index (χ2n) is 8.14. The molecule has 0 saturated carbocycles. The van der Waals surface area contributed by atoms with Gasteiger partial charge < -0.3 is 5.32 Å². The Labute approximate surface area is 172 Å². The number of fused-ring (bicyclic) bond motifs is 1. The molecule has 1 aromatic carbocycles. The van der Waals surface area contributed by atoms with E-state index in [2.05, 4.69) is 83.3 Å². The number of benzene rings is 1. The third-order valence-electron chi connectivity index (χ3n) is 6.04. The van der Waals surface area contributed by atoms with Crippen molar-refractivity contribution in [3.8, 4) is 0 Å². The Morgan fingerprint density at radius 2 is 1.62 bits per heavy atom. The monoisotopic (exact) mass is 427 g/mol. The van der Waals surface area contributed by atoms with Crippen molar-refractivity contribution in [1.82, 2.24) is 5.32 Å². The molecule has 0 fully saturated rings. The van der Waals surface area contributed by atoms with Gasteiger partial charge in [-0.3, -0.25) is 0 Å². The normalized spacial score (nSPS) is 23.1. The standard InChI is InChI=1S/C12H13.C10H15.C2H7N.Zr/c1-2-5-10-8-9-11-6-3-4-7-12(10)11;1-7-6-10(4,5)9(3)8(7)2;1-3-2;/h3-4,6-9H,2,5H2,1H3;1-5H3;3H,1-2H3;. The van der Waals surface area contributed by atoms with Crippen LogP contribution in [0.5, 0.6) is 0 Å². The van der Waals surface area contributed by atoms with Crippen molar-refractivity contribution < 1.29 is 23.2 Å². The number of allylic oxidation sites excluding steroid dienone is 5. The van der Waals surface area contributed by atoms with Crippen molar-refractivity contribution in [2.75, 3.05) is 14.1 Å². The second kappa shape index (κ2) is 8.53. The van der Waals surface area contributed by atoms with E-state index in [9.17, 15) is 0 Å². The van der Waals surface area contributed by atoms with Gasteiger partial charge in [0, 0.05) is 0 Å². The second-order valence-corrected chi connectivity index (χ2v) is 12.2. The van der Waals surface area contributed by atoms with Gasteiger partial charge in [0.15, 0.2) is 0 Å². The van der Waals surface area contributed by atoms with Crippen molar-refractivity contribution in [2.24, 2.45) is 5.41 Å². The summed E-state index contributed by atoms with van der Waals surface area (Å²) in [6.45, 7) is 14.3. The van der Waals surface area contributed by atoms with E-state index in [0.29, 0.717) is 3.12 Å². The fraction of sp³-hybridized carbons (Fsp3) is 0.500. The van der Waals surface area contributed by atoms with Crippen LogP contribution in [0.3, 0.4) is 0 Å². The summed E-state index contributed by atoms with van der Waals surface area (Å²) < 4.78 is 2.17. The molecule has 1 aromatic rings. The Kier molecular flexibility index (Phi) is 7.08. The van der Waals surface area contributed by atoms with Crippen molar-refractivity contribution >= 4 is 6.08 Å². The van der Waals surface area contributed by atoms with Gasteiger partial charge in [-0.2, -0.15) is 0 Å². The molecule has 0 spiro atoms. The minimum Gasteiger partial charge on any atom is -0.323 e. The van der Waals surface area contributed by atoms with Crippen LogP contribution in [0.4, 0.5) is 0 Å². The quantitative estimate of drug-likeness (QED) is 0.595. The zero-order valence-corrected chi connectivity index (χ0v) is 20.3. The van der Waals surface area contributed by atoms with Gasteiger partial charge in [0.25, 0.3) is 0 Å². The number of nitrogens with one attached hydrogen (secondary N) is 1. The third kappa shape index (κ3) is 3.78. The van der Waals surface area contributed by atoms with Crippen LogP contribution in [0.2, 0.25) is 0 Å². The molecule has 0 aliphatic heterocycles. The van der Waals surface area contributed by atoms with Gasteiger partial charge in [-0.15, -0.1) is 0 Å². The van der Waals surface area contributed by atoms with Crippen LogP contribution in [0.1, 0.15) is 65.5 Å². The SMILES string of the molecule is CCC[C]1([Zr][C]2=C(C)C(C)=C(C)C2(C)C)C=Cc2ccccc21.CNC. The predicted octanol–water partition coefficient (Wildman–Crippen LogP) is 6.28. The maximum absolute atomic E-state index is 2.75. The molecular weight excluding hydrogens is 393 g/mol. The van der Waals surface area contributed by atoms with Crippen molar-refractivity contribution in [1.29, 1.82) is 0 Å². The Hall–Kier alpha value is -0.717. The van der Waals surface area contributed by atoms with Gasteiger partial charge in [-0.25, -0.2) is 0 Å². The summed E-state index contributed by atoms with van der Waals surface area (Å²) in [5.74, 6) is 0. The average Bonchev–Trinajstić information content (AvgIpc) is 3.03. The Morgan fingerprint density at radius 3 is 2.15 bits per heavy atom. The number of hydrogen-bond donors (Lipinski definition) is 1. The van der Waals surface area contributed by atoms with E-state index in [-0.39, 0.29) is 5.41 Å². The van der Waals surface area contributed by atoms with E-state index in [0.717, 1.165) is 0 Å². The maximum atomic E-state index is 2.75. The maximum Gasteiger partial charge on any atom is -0.0167 e. The van der Waals surface area contributed by atoms with Crippen LogP contribution < -0.4 is 5.32 Å². The van der Waals surface area contributed by atoms with E-state index < -0.39 is 23.2 Å². The first-order chi connectivity index (χ1) is 12.2. The first kappa shape index (κ1) is 21.6. The smallest absolute Gasteiger partial charge is 0.0167 e. The van der Waals surface area contributed by atoms with Crippen LogP contribution in [0, 0.1) is 5.41 Å². The zero-order valence-electron chi connectivity index (χ0n) is 17.9. The van der Waals surface area contributed by atoms with Crippen LogP contribution in [-0.2, 0) is 26.4 Å². The number of hydrogen-bond acceptors (Lipinski definition) is 1. The molecule has 26 heavy (non-hydrogen) atoms. The molecule has 0 radical (unpaired) electrons. The fourth-order valence-corrected chi connectivity index (χ4v) is 9.69. The first-order valence-corrected chi connectivity index (χ1v) is 12.3. The number of rotatable bonds is 4. The van der Waals surface area contributed by atoms with Crippen molar-refractivity contribution in [3.63, 3.8) is 0 Å².